The van der Waals surface area contributed by atoms with E-state index in [-0.39, 0.29) is 16.6 Å². The van der Waals surface area contributed by atoms with E-state index in [0.717, 1.165) is 18.4 Å². The number of aliphatic hydroxyl groups is 1. The number of carboxylic acids is 1. The molecule has 0 amide bonds. The van der Waals surface area contributed by atoms with Crippen molar-refractivity contribution in [3.63, 3.8) is 0 Å². The fraction of sp³-hybridized carbons (Fsp3) is 0.562. The molecule has 1 unspecified atom stereocenters. The van der Waals surface area contributed by atoms with Gasteiger partial charge in [0.05, 0.1) is 6.10 Å². The van der Waals surface area contributed by atoms with Gasteiger partial charge in [-0.1, -0.05) is 59.4 Å². The molecule has 0 spiro atoms. The van der Waals surface area contributed by atoms with Crippen LogP contribution in [0.4, 0.5) is 0 Å². The van der Waals surface area contributed by atoms with Gasteiger partial charge in [0.2, 0.25) is 0 Å². The second-order valence-electron chi connectivity index (χ2n) is 5.76. The van der Waals surface area contributed by atoms with Gasteiger partial charge in [0.1, 0.15) is 0 Å². The van der Waals surface area contributed by atoms with Crippen LogP contribution in [0.15, 0.2) is 37.0 Å². The summed E-state index contributed by atoms with van der Waals surface area (Å²) in [7, 11) is 5.10. The Bertz CT molecular complexity index is 450. The van der Waals surface area contributed by atoms with Gasteiger partial charge in [0, 0.05) is 16.6 Å². The summed E-state index contributed by atoms with van der Waals surface area (Å²) in [5, 5.41) is 19.3. The quantitative estimate of drug-likeness (QED) is 0.411. The first-order chi connectivity index (χ1) is 10.3. The van der Waals surface area contributed by atoms with Gasteiger partial charge < -0.3 is 10.2 Å². The van der Waals surface area contributed by atoms with Crippen molar-refractivity contribution in [1.82, 2.24) is 0 Å². The van der Waals surface area contributed by atoms with E-state index in [0.29, 0.717) is 5.75 Å². The van der Waals surface area contributed by atoms with Gasteiger partial charge in [0.25, 0.3) is 0 Å². The van der Waals surface area contributed by atoms with Crippen LogP contribution in [0.5, 0.6) is 0 Å². The van der Waals surface area contributed by atoms with Crippen molar-refractivity contribution >= 4 is 37.4 Å². The SMILES string of the molecule is C=CC(=C)CC[C@@]1(C)SSSC[C@H](O)C(C)[C@@H]1/C=C/C(=O)O. The highest BCUT2D eigenvalue weighted by Gasteiger charge is 2.40. The van der Waals surface area contributed by atoms with Gasteiger partial charge in [0.15, 0.2) is 0 Å². The maximum atomic E-state index is 10.9. The minimum absolute atomic E-state index is 0.00139. The van der Waals surface area contributed by atoms with Crippen LogP contribution in [-0.2, 0) is 4.79 Å². The Balaban J connectivity index is 3.04. The number of hydrogen-bond acceptors (Lipinski definition) is 5. The van der Waals surface area contributed by atoms with Gasteiger partial charge in [-0.3, -0.25) is 0 Å². The van der Waals surface area contributed by atoms with Gasteiger partial charge in [-0.25, -0.2) is 4.79 Å². The minimum atomic E-state index is -0.950. The Morgan fingerprint density at radius 2 is 2.18 bits per heavy atom. The fourth-order valence-electron chi connectivity index (χ4n) is 2.49. The monoisotopic (exact) mass is 360 g/mol. The second kappa shape index (κ2) is 9.11. The Morgan fingerprint density at radius 3 is 2.77 bits per heavy atom. The molecule has 4 atom stereocenters. The molecule has 6 heteroatoms. The molecule has 1 aliphatic rings. The van der Waals surface area contributed by atoms with E-state index in [1.165, 1.54) is 6.08 Å². The summed E-state index contributed by atoms with van der Waals surface area (Å²) in [5.41, 5.74) is 0.982. The molecule has 124 valence electrons. The third kappa shape index (κ3) is 5.72. The lowest BCUT2D eigenvalue weighted by Gasteiger charge is -2.41. The lowest BCUT2D eigenvalue weighted by atomic mass is 9.77. The molecule has 1 heterocycles. The molecule has 3 nitrogen and oxygen atoms in total. The molecular formula is C16H24O3S3. The number of aliphatic carboxylic acids is 1. The van der Waals surface area contributed by atoms with Crippen LogP contribution >= 0.6 is 31.4 Å². The normalized spacial score (nSPS) is 33.1. The summed E-state index contributed by atoms with van der Waals surface area (Å²) in [5.74, 6) is -0.312. The zero-order valence-electron chi connectivity index (χ0n) is 13.0. The lowest BCUT2D eigenvalue weighted by Crippen LogP contribution is -2.40. The number of carboxylic acid groups (broad SMARTS) is 1. The van der Waals surface area contributed by atoms with Crippen LogP contribution in [0, 0.1) is 11.8 Å². The van der Waals surface area contributed by atoms with Gasteiger partial charge >= 0.3 is 5.97 Å². The third-order valence-electron chi connectivity index (χ3n) is 4.07. The van der Waals surface area contributed by atoms with Crippen LogP contribution in [-0.4, -0.2) is 32.8 Å². The van der Waals surface area contributed by atoms with E-state index < -0.39 is 12.1 Å². The summed E-state index contributed by atoms with van der Waals surface area (Å²) in [6.45, 7) is 11.8. The van der Waals surface area contributed by atoms with Crippen LogP contribution in [0.1, 0.15) is 26.7 Å². The molecule has 0 saturated carbocycles. The third-order valence-corrected chi connectivity index (χ3v) is 9.09. The van der Waals surface area contributed by atoms with Crippen molar-refractivity contribution in [3.05, 3.63) is 37.0 Å². The van der Waals surface area contributed by atoms with Crippen LogP contribution in [0.3, 0.4) is 0 Å². The van der Waals surface area contributed by atoms with Gasteiger partial charge in [-0.05, 0) is 41.4 Å². The Morgan fingerprint density at radius 1 is 1.50 bits per heavy atom. The summed E-state index contributed by atoms with van der Waals surface area (Å²) < 4.78 is -0.170. The minimum Gasteiger partial charge on any atom is -0.478 e. The predicted octanol–water partition coefficient (Wildman–Crippen LogP) is 4.56. The summed E-state index contributed by atoms with van der Waals surface area (Å²) >= 11 is 0. The largest absolute Gasteiger partial charge is 0.478 e. The topological polar surface area (TPSA) is 57.5 Å². The number of allylic oxidation sites excluding steroid dienone is 3. The van der Waals surface area contributed by atoms with Crippen molar-refractivity contribution in [2.24, 2.45) is 11.8 Å². The van der Waals surface area contributed by atoms with Crippen LogP contribution < -0.4 is 0 Å². The summed E-state index contributed by atoms with van der Waals surface area (Å²) in [6.07, 6.45) is 5.95. The zero-order chi connectivity index (χ0) is 16.8. The molecule has 0 radical (unpaired) electrons. The first kappa shape index (κ1) is 19.7. The molecule has 1 rings (SSSR count). The van der Waals surface area contributed by atoms with Gasteiger partial charge in [-0.2, -0.15) is 0 Å². The smallest absolute Gasteiger partial charge is 0.327 e. The maximum absolute atomic E-state index is 10.9. The number of hydrogen-bond donors (Lipinski definition) is 2. The Hall–Kier alpha value is -0.300. The molecule has 2 N–H and O–H groups in total. The standard InChI is InChI=1S/C16H24O3S3/c1-5-11(2)8-9-16(4)13(6-7-15(18)19)12(3)14(17)10-20-22-21-16/h5-7,12-14,17H,1-2,8-10H2,3-4H3,(H,18,19)/b7-6+/t12?,13-,14-,16+/m0/s1. The number of carbonyl (C=O) groups is 1. The molecular weight excluding hydrogens is 336 g/mol. The highest BCUT2D eigenvalue weighted by Crippen LogP contribution is 2.54. The molecule has 1 fully saturated rings. The summed E-state index contributed by atoms with van der Waals surface area (Å²) in [6, 6.07) is 0. The second-order valence-corrected chi connectivity index (χ2v) is 10.4. The molecule has 0 aromatic carbocycles. The Labute approximate surface area is 144 Å². The average Bonchev–Trinajstić information content (AvgIpc) is 2.47. The van der Waals surface area contributed by atoms with Crippen LogP contribution in [0.2, 0.25) is 0 Å². The molecule has 1 aliphatic heterocycles. The van der Waals surface area contributed by atoms with E-state index in [9.17, 15) is 9.90 Å². The highest BCUT2D eigenvalue weighted by atomic mass is 33.5. The number of aliphatic hydroxyl groups excluding tert-OH is 1. The molecule has 0 bridgehead atoms. The molecule has 0 aliphatic carbocycles. The molecule has 0 aromatic heterocycles. The maximum Gasteiger partial charge on any atom is 0.327 e. The first-order valence-corrected chi connectivity index (χ1v) is 10.8. The highest BCUT2D eigenvalue weighted by molar-refractivity contribution is 9.09. The first-order valence-electron chi connectivity index (χ1n) is 7.17. The fourth-order valence-corrected chi connectivity index (χ4v) is 7.89. The van der Waals surface area contributed by atoms with E-state index in [2.05, 4.69) is 20.1 Å². The van der Waals surface area contributed by atoms with E-state index in [4.69, 9.17) is 5.11 Å². The van der Waals surface area contributed by atoms with E-state index >= 15 is 0 Å². The lowest BCUT2D eigenvalue weighted by molar-refractivity contribution is -0.131. The molecule has 22 heavy (non-hydrogen) atoms. The van der Waals surface area contributed by atoms with Crippen molar-refractivity contribution in [2.45, 2.75) is 37.5 Å². The zero-order valence-corrected chi connectivity index (χ0v) is 15.5. The van der Waals surface area contributed by atoms with Crippen molar-refractivity contribution < 1.29 is 15.0 Å². The van der Waals surface area contributed by atoms with Crippen LogP contribution in [0.25, 0.3) is 0 Å². The van der Waals surface area contributed by atoms with E-state index in [1.54, 1.807) is 43.6 Å². The van der Waals surface area contributed by atoms with Crippen molar-refractivity contribution in [3.8, 4) is 0 Å². The van der Waals surface area contributed by atoms with Crippen molar-refractivity contribution in [2.75, 3.05) is 5.75 Å². The van der Waals surface area contributed by atoms with Gasteiger partial charge in [-0.15, -0.1) is 0 Å². The van der Waals surface area contributed by atoms with E-state index in [1.807, 2.05) is 6.92 Å². The Kier molecular flexibility index (Phi) is 8.17. The summed E-state index contributed by atoms with van der Waals surface area (Å²) in [4.78, 5) is 10.9. The molecule has 0 aromatic rings. The number of rotatable bonds is 6. The molecule has 1 saturated heterocycles. The predicted molar refractivity (Wildman–Crippen MR) is 100 cm³/mol. The average molecular weight is 361 g/mol. The van der Waals surface area contributed by atoms with Crippen molar-refractivity contribution in [1.29, 1.82) is 0 Å².